The maximum absolute atomic E-state index is 5.47. The minimum Gasteiger partial charge on any atom is -0.494 e. The molecule has 0 aliphatic heterocycles. The average molecular weight is 265 g/mol. The van der Waals surface area contributed by atoms with Crippen molar-refractivity contribution in [2.24, 2.45) is 0 Å². The van der Waals surface area contributed by atoms with Crippen LogP contribution in [0, 0.1) is 0 Å². The summed E-state index contributed by atoms with van der Waals surface area (Å²) in [7, 11) is 4.15. The predicted molar refractivity (Wildman–Crippen MR) is 76.5 cm³/mol. The normalized spacial score (nSPS) is 11.3. The number of aromatic nitrogens is 2. The Hall–Kier alpha value is -1.20. The number of nitrogens with zero attached hydrogens (tertiary/aromatic N) is 2. The van der Waals surface area contributed by atoms with Crippen LogP contribution >= 0.6 is 11.8 Å². The van der Waals surface area contributed by atoms with Crippen LogP contribution in [0.4, 0.5) is 0 Å². The Morgan fingerprint density at radius 3 is 2.94 bits per heavy atom. The molecule has 0 bridgehead atoms. The molecule has 0 aliphatic rings. The molecule has 0 amide bonds. The average Bonchev–Trinajstić information content (AvgIpc) is 2.71. The number of hydrogen-bond donors (Lipinski definition) is 1. The van der Waals surface area contributed by atoms with Gasteiger partial charge in [0.1, 0.15) is 5.75 Å². The van der Waals surface area contributed by atoms with Crippen LogP contribution in [0.15, 0.2) is 23.4 Å². The molecular weight excluding hydrogens is 246 g/mol. The lowest BCUT2D eigenvalue weighted by Crippen LogP contribution is -2.14. The second kappa shape index (κ2) is 6.11. The van der Waals surface area contributed by atoms with E-state index in [1.807, 2.05) is 25.1 Å². The molecule has 18 heavy (non-hydrogen) atoms. The molecule has 1 aromatic carbocycles. The molecule has 0 radical (unpaired) electrons. The predicted octanol–water partition coefficient (Wildman–Crippen LogP) is 2.62. The van der Waals surface area contributed by atoms with E-state index in [-0.39, 0.29) is 0 Å². The third kappa shape index (κ3) is 3.40. The van der Waals surface area contributed by atoms with E-state index in [4.69, 9.17) is 4.74 Å². The lowest BCUT2D eigenvalue weighted by molar-refractivity contribution is 0.340. The zero-order valence-electron chi connectivity index (χ0n) is 11.1. The number of benzene rings is 1. The summed E-state index contributed by atoms with van der Waals surface area (Å²) >= 11 is 1.74. The van der Waals surface area contributed by atoms with Crippen molar-refractivity contribution < 1.29 is 4.74 Å². The van der Waals surface area contributed by atoms with Gasteiger partial charge in [0.05, 0.1) is 17.6 Å². The van der Waals surface area contributed by atoms with Gasteiger partial charge in [-0.25, -0.2) is 4.98 Å². The fraction of sp³-hybridized carbons (Fsp3) is 0.462. The number of H-pyrrole nitrogens is 1. The van der Waals surface area contributed by atoms with E-state index in [2.05, 4.69) is 29.0 Å². The van der Waals surface area contributed by atoms with Crippen molar-refractivity contribution >= 4 is 22.8 Å². The second-order valence-corrected chi connectivity index (χ2v) is 5.39. The molecule has 98 valence electrons. The minimum atomic E-state index is 0.685. The minimum absolute atomic E-state index is 0.685. The van der Waals surface area contributed by atoms with Gasteiger partial charge in [0.25, 0.3) is 0 Å². The first-order valence-corrected chi connectivity index (χ1v) is 7.07. The highest BCUT2D eigenvalue weighted by atomic mass is 32.2. The van der Waals surface area contributed by atoms with E-state index in [0.29, 0.717) is 6.61 Å². The number of imidazole rings is 1. The van der Waals surface area contributed by atoms with Crippen LogP contribution in [0.3, 0.4) is 0 Å². The summed E-state index contributed by atoms with van der Waals surface area (Å²) in [6, 6.07) is 5.95. The number of rotatable bonds is 6. The molecule has 0 fully saturated rings. The zero-order chi connectivity index (χ0) is 13.0. The van der Waals surface area contributed by atoms with Crippen molar-refractivity contribution in [3.63, 3.8) is 0 Å². The maximum atomic E-state index is 5.47. The monoisotopic (exact) mass is 265 g/mol. The molecule has 1 heterocycles. The van der Waals surface area contributed by atoms with E-state index in [1.165, 1.54) is 0 Å². The van der Waals surface area contributed by atoms with E-state index in [9.17, 15) is 0 Å². The smallest absolute Gasteiger partial charge is 0.166 e. The van der Waals surface area contributed by atoms with Crippen LogP contribution in [0.25, 0.3) is 11.0 Å². The first kappa shape index (κ1) is 13.2. The Balaban J connectivity index is 2.07. The van der Waals surface area contributed by atoms with Crippen molar-refractivity contribution in [1.82, 2.24) is 14.9 Å². The van der Waals surface area contributed by atoms with Gasteiger partial charge in [-0.3, -0.25) is 0 Å². The molecule has 1 N–H and O–H groups in total. The summed E-state index contributed by atoms with van der Waals surface area (Å²) in [5.74, 6) is 1.92. The Labute approximate surface area is 112 Å². The van der Waals surface area contributed by atoms with Crippen LogP contribution in [0.1, 0.15) is 6.92 Å². The third-order valence-electron chi connectivity index (χ3n) is 2.52. The third-order valence-corrected chi connectivity index (χ3v) is 3.37. The molecule has 0 saturated carbocycles. The molecule has 0 saturated heterocycles. The van der Waals surface area contributed by atoms with Gasteiger partial charge in [0.15, 0.2) is 5.16 Å². The quantitative estimate of drug-likeness (QED) is 0.815. The molecule has 0 spiro atoms. The molecule has 2 aromatic rings. The molecule has 0 unspecified atom stereocenters. The Morgan fingerprint density at radius 2 is 2.22 bits per heavy atom. The second-order valence-electron chi connectivity index (χ2n) is 4.31. The number of hydrogen-bond acceptors (Lipinski definition) is 4. The largest absolute Gasteiger partial charge is 0.494 e. The summed E-state index contributed by atoms with van der Waals surface area (Å²) in [4.78, 5) is 10.0. The number of thioether (sulfide) groups is 1. The van der Waals surface area contributed by atoms with E-state index >= 15 is 0 Å². The first-order chi connectivity index (χ1) is 8.69. The summed E-state index contributed by atoms with van der Waals surface area (Å²) in [6.07, 6.45) is 0. The Bertz CT molecular complexity index is 510. The van der Waals surface area contributed by atoms with E-state index in [1.54, 1.807) is 11.8 Å². The zero-order valence-corrected chi connectivity index (χ0v) is 11.9. The highest BCUT2D eigenvalue weighted by Gasteiger charge is 2.04. The van der Waals surface area contributed by atoms with Crippen LogP contribution in [0.5, 0.6) is 5.75 Å². The van der Waals surface area contributed by atoms with E-state index < -0.39 is 0 Å². The number of aromatic amines is 1. The number of nitrogens with one attached hydrogen (secondary N) is 1. The van der Waals surface area contributed by atoms with Gasteiger partial charge < -0.3 is 14.6 Å². The SMILES string of the molecule is CCOc1ccc2nc(SCCN(C)C)[nH]c2c1. The fourth-order valence-corrected chi connectivity index (χ4v) is 2.61. The molecule has 4 nitrogen and oxygen atoms in total. The van der Waals surface area contributed by atoms with Gasteiger partial charge in [0, 0.05) is 18.4 Å². The van der Waals surface area contributed by atoms with Crippen LogP contribution in [0.2, 0.25) is 0 Å². The van der Waals surface area contributed by atoms with Crippen molar-refractivity contribution in [2.45, 2.75) is 12.1 Å². The van der Waals surface area contributed by atoms with Gasteiger partial charge in [-0.15, -0.1) is 0 Å². The van der Waals surface area contributed by atoms with Crippen molar-refractivity contribution in [1.29, 1.82) is 0 Å². The Kier molecular flexibility index (Phi) is 4.49. The van der Waals surface area contributed by atoms with Gasteiger partial charge in [-0.2, -0.15) is 0 Å². The molecule has 0 aliphatic carbocycles. The van der Waals surface area contributed by atoms with Gasteiger partial charge in [0.2, 0.25) is 0 Å². The highest BCUT2D eigenvalue weighted by Crippen LogP contribution is 2.23. The summed E-state index contributed by atoms with van der Waals surface area (Å²) in [5, 5.41) is 0.973. The number of fused-ring (bicyclic) bond motifs is 1. The summed E-state index contributed by atoms with van der Waals surface area (Å²) in [5.41, 5.74) is 2.03. The standard InChI is InChI=1S/C13H19N3OS/c1-4-17-10-5-6-11-12(9-10)15-13(14-11)18-8-7-16(2)3/h5-6,9H,4,7-8H2,1-3H3,(H,14,15). The molecule has 2 rings (SSSR count). The summed E-state index contributed by atoms with van der Waals surface area (Å²) < 4.78 is 5.47. The molecule has 1 aromatic heterocycles. The summed E-state index contributed by atoms with van der Waals surface area (Å²) in [6.45, 7) is 3.72. The first-order valence-electron chi connectivity index (χ1n) is 6.09. The topological polar surface area (TPSA) is 41.1 Å². The van der Waals surface area contributed by atoms with Crippen molar-refractivity contribution in [3.8, 4) is 5.75 Å². The van der Waals surface area contributed by atoms with Crippen LogP contribution in [-0.2, 0) is 0 Å². The van der Waals surface area contributed by atoms with Crippen molar-refractivity contribution in [2.75, 3.05) is 33.0 Å². The van der Waals surface area contributed by atoms with Gasteiger partial charge in [-0.1, -0.05) is 11.8 Å². The number of ether oxygens (including phenoxy) is 1. The van der Waals surface area contributed by atoms with Crippen LogP contribution < -0.4 is 4.74 Å². The highest BCUT2D eigenvalue weighted by molar-refractivity contribution is 7.99. The lowest BCUT2D eigenvalue weighted by Gasteiger charge is -2.06. The molecule has 0 atom stereocenters. The van der Waals surface area contributed by atoms with Gasteiger partial charge >= 0.3 is 0 Å². The fourth-order valence-electron chi connectivity index (χ4n) is 1.62. The maximum Gasteiger partial charge on any atom is 0.166 e. The molecule has 5 heteroatoms. The van der Waals surface area contributed by atoms with Crippen molar-refractivity contribution in [3.05, 3.63) is 18.2 Å². The van der Waals surface area contributed by atoms with Gasteiger partial charge in [-0.05, 0) is 33.2 Å². The molecular formula is C13H19N3OS. The lowest BCUT2D eigenvalue weighted by atomic mass is 10.3. The van der Waals surface area contributed by atoms with E-state index in [0.717, 1.165) is 34.2 Å². The Morgan fingerprint density at radius 1 is 1.39 bits per heavy atom. The van der Waals surface area contributed by atoms with Crippen LogP contribution in [-0.4, -0.2) is 47.9 Å².